The van der Waals surface area contributed by atoms with Gasteiger partial charge >= 0.3 is 0 Å². The van der Waals surface area contributed by atoms with Crippen molar-refractivity contribution in [2.45, 2.75) is 54.7 Å². The number of rotatable bonds is 16. The van der Waals surface area contributed by atoms with Gasteiger partial charge in [-0.2, -0.15) is 0 Å². The van der Waals surface area contributed by atoms with E-state index in [2.05, 4.69) is 10.6 Å². The van der Waals surface area contributed by atoms with Crippen molar-refractivity contribution in [1.29, 1.82) is 0 Å². The van der Waals surface area contributed by atoms with Crippen LogP contribution in [0, 0.1) is 0 Å². The number of carbonyl (C=O) groups is 2. The average Bonchev–Trinajstić information content (AvgIpc) is 3.08. The lowest BCUT2D eigenvalue weighted by Crippen LogP contribution is -2.26. The maximum Gasteiger partial charge on any atom is 0.264 e. The Labute approximate surface area is 277 Å². The van der Waals surface area contributed by atoms with Crippen molar-refractivity contribution in [3.63, 3.8) is 0 Å². The highest BCUT2D eigenvalue weighted by Gasteiger charge is 2.22. The van der Waals surface area contributed by atoms with Gasteiger partial charge in [-0.25, -0.2) is 16.8 Å². The molecule has 2 N–H and O–H groups in total. The fraction of sp³-hybridized carbons (Fsp3) is 0.257. The molecule has 10 nitrogen and oxygen atoms in total. The Morgan fingerprint density at radius 2 is 0.809 bits per heavy atom. The van der Waals surface area contributed by atoms with Crippen molar-refractivity contribution in [2.24, 2.45) is 0 Å². The standard InChI is InChI=1S/C35H40N4O6S2/c1-38(30-14-8-6-9-15-30)46(42,43)32-24-20-28(21-25-32)36-34(40)18-12-4-3-5-13-19-35(41)37-29-22-26-33(27-23-29)47(44,45)39(2)31-16-10-7-11-17-31/h6-11,14-17,20-27H,3-5,12-13,18-19H2,1-2H3,(H,36,40)(H,37,41). The second kappa shape index (κ2) is 16.2. The molecule has 4 aromatic carbocycles. The first kappa shape index (κ1) is 35.2. The lowest BCUT2D eigenvalue weighted by atomic mass is 10.1. The minimum Gasteiger partial charge on any atom is -0.326 e. The topological polar surface area (TPSA) is 133 Å². The maximum atomic E-state index is 12.9. The van der Waals surface area contributed by atoms with E-state index in [0.717, 1.165) is 19.3 Å². The van der Waals surface area contributed by atoms with Crippen molar-refractivity contribution >= 4 is 54.6 Å². The molecule has 12 heteroatoms. The van der Waals surface area contributed by atoms with Crippen LogP contribution >= 0.6 is 0 Å². The molecule has 0 aliphatic rings. The predicted octanol–water partition coefficient (Wildman–Crippen LogP) is 6.64. The number of para-hydroxylation sites is 2. The van der Waals surface area contributed by atoms with Crippen LogP contribution in [-0.2, 0) is 29.6 Å². The van der Waals surface area contributed by atoms with Gasteiger partial charge < -0.3 is 10.6 Å². The predicted molar refractivity (Wildman–Crippen MR) is 187 cm³/mol. The number of benzene rings is 4. The Bertz CT molecular complexity index is 1700. The summed E-state index contributed by atoms with van der Waals surface area (Å²) in [5.74, 6) is -0.293. The molecule has 0 aromatic heterocycles. The highest BCUT2D eigenvalue weighted by atomic mass is 32.2. The summed E-state index contributed by atoms with van der Waals surface area (Å²) in [7, 11) is -4.46. The van der Waals surface area contributed by atoms with E-state index in [9.17, 15) is 26.4 Å². The molecule has 0 atom stereocenters. The van der Waals surface area contributed by atoms with Gasteiger partial charge in [0.1, 0.15) is 0 Å². The third-order valence-electron chi connectivity index (χ3n) is 7.64. The summed E-state index contributed by atoms with van der Waals surface area (Å²) in [5.41, 5.74) is 2.16. The lowest BCUT2D eigenvalue weighted by Gasteiger charge is -2.19. The maximum absolute atomic E-state index is 12.9. The molecule has 0 saturated carbocycles. The number of unbranched alkanes of at least 4 members (excludes halogenated alkanes) is 4. The van der Waals surface area contributed by atoms with E-state index in [4.69, 9.17) is 0 Å². The van der Waals surface area contributed by atoms with E-state index < -0.39 is 20.0 Å². The average molecular weight is 677 g/mol. The quantitative estimate of drug-likeness (QED) is 0.128. The molecular weight excluding hydrogens is 637 g/mol. The van der Waals surface area contributed by atoms with Crippen LogP contribution in [0.1, 0.15) is 44.9 Å². The number of sulfonamides is 2. The summed E-state index contributed by atoms with van der Waals surface area (Å²) in [5, 5.41) is 5.62. The Hall–Kier alpha value is -4.68. The monoisotopic (exact) mass is 676 g/mol. The molecule has 47 heavy (non-hydrogen) atoms. The number of anilines is 4. The van der Waals surface area contributed by atoms with Crippen molar-refractivity contribution in [3.05, 3.63) is 109 Å². The molecule has 0 heterocycles. The van der Waals surface area contributed by atoms with E-state index >= 15 is 0 Å². The number of carbonyl (C=O) groups excluding carboxylic acids is 2. The van der Waals surface area contributed by atoms with E-state index in [1.54, 1.807) is 72.8 Å². The summed E-state index contributed by atoms with van der Waals surface area (Å²) in [6.07, 6.45) is 4.62. The minimum atomic E-state index is -3.73. The lowest BCUT2D eigenvalue weighted by molar-refractivity contribution is -0.117. The number of hydrogen-bond donors (Lipinski definition) is 2. The number of hydrogen-bond acceptors (Lipinski definition) is 6. The summed E-state index contributed by atoms with van der Waals surface area (Å²) in [6, 6.07) is 29.8. The molecule has 248 valence electrons. The molecular formula is C35H40N4O6S2. The van der Waals surface area contributed by atoms with E-state index in [1.807, 2.05) is 12.1 Å². The first-order chi connectivity index (χ1) is 22.5. The van der Waals surface area contributed by atoms with Crippen LogP contribution < -0.4 is 19.2 Å². The molecule has 0 aliphatic carbocycles. The molecule has 0 bridgehead atoms. The highest BCUT2D eigenvalue weighted by molar-refractivity contribution is 7.93. The Morgan fingerprint density at radius 1 is 0.489 bits per heavy atom. The van der Waals surface area contributed by atoms with Crippen LogP contribution in [0.3, 0.4) is 0 Å². The molecule has 0 saturated heterocycles. The Kier molecular flexibility index (Phi) is 12.2. The summed E-state index contributed by atoms with van der Waals surface area (Å²) >= 11 is 0. The number of amides is 2. The van der Waals surface area contributed by atoms with Crippen molar-refractivity contribution in [1.82, 2.24) is 0 Å². The second-order valence-corrected chi connectivity index (χ2v) is 15.0. The third kappa shape index (κ3) is 9.66. The summed E-state index contributed by atoms with van der Waals surface area (Å²) in [6.45, 7) is 0. The first-order valence-corrected chi connectivity index (χ1v) is 18.2. The van der Waals surface area contributed by atoms with Gasteiger partial charge in [-0.1, -0.05) is 55.7 Å². The van der Waals surface area contributed by atoms with Gasteiger partial charge in [0.15, 0.2) is 0 Å². The van der Waals surface area contributed by atoms with E-state index in [-0.39, 0.29) is 21.6 Å². The smallest absolute Gasteiger partial charge is 0.264 e. The van der Waals surface area contributed by atoms with Gasteiger partial charge in [-0.15, -0.1) is 0 Å². The number of nitrogens with one attached hydrogen (secondary N) is 2. The fourth-order valence-electron chi connectivity index (χ4n) is 4.84. The van der Waals surface area contributed by atoms with Gasteiger partial charge in [-0.05, 0) is 85.6 Å². The van der Waals surface area contributed by atoms with Crippen molar-refractivity contribution < 1.29 is 26.4 Å². The Balaban J connectivity index is 1.11. The third-order valence-corrected chi connectivity index (χ3v) is 11.2. The number of nitrogens with zero attached hydrogens (tertiary/aromatic N) is 2. The molecule has 0 unspecified atom stereocenters. The van der Waals surface area contributed by atoms with Crippen LogP contribution in [0.4, 0.5) is 22.7 Å². The van der Waals surface area contributed by atoms with Crippen LogP contribution in [-0.4, -0.2) is 42.7 Å². The summed E-state index contributed by atoms with van der Waals surface area (Å²) < 4.78 is 54.2. The molecule has 0 spiro atoms. The van der Waals surface area contributed by atoms with Crippen LogP contribution in [0.15, 0.2) is 119 Å². The van der Waals surface area contributed by atoms with Crippen molar-refractivity contribution in [3.8, 4) is 0 Å². The highest BCUT2D eigenvalue weighted by Crippen LogP contribution is 2.24. The molecule has 2 amide bonds. The molecule has 0 fully saturated rings. The van der Waals surface area contributed by atoms with Crippen LogP contribution in [0.5, 0.6) is 0 Å². The zero-order valence-electron chi connectivity index (χ0n) is 26.5. The minimum absolute atomic E-state index is 0.131. The summed E-state index contributed by atoms with van der Waals surface area (Å²) in [4.78, 5) is 25.0. The molecule has 0 aliphatic heterocycles. The SMILES string of the molecule is CN(c1ccccc1)S(=O)(=O)c1ccc(NC(=O)CCCCCCCC(=O)Nc2ccc(S(=O)(=O)N(C)c3ccccc3)cc2)cc1. The van der Waals surface area contributed by atoms with E-state index in [0.29, 0.717) is 48.4 Å². The molecule has 4 rings (SSSR count). The van der Waals surface area contributed by atoms with E-state index in [1.165, 1.54) is 47.0 Å². The first-order valence-electron chi connectivity index (χ1n) is 15.4. The van der Waals surface area contributed by atoms with Crippen LogP contribution in [0.25, 0.3) is 0 Å². The molecule has 4 aromatic rings. The zero-order chi connectivity index (χ0) is 33.9. The van der Waals surface area contributed by atoms with Crippen molar-refractivity contribution in [2.75, 3.05) is 33.3 Å². The Morgan fingerprint density at radius 3 is 1.15 bits per heavy atom. The van der Waals surface area contributed by atoms with Gasteiger partial charge in [0.05, 0.1) is 21.2 Å². The molecule has 0 radical (unpaired) electrons. The van der Waals surface area contributed by atoms with Gasteiger partial charge in [0, 0.05) is 38.3 Å². The van der Waals surface area contributed by atoms with Gasteiger partial charge in [-0.3, -0.25) is 18.2 Å². The van der Waals surface area contributed by atoms with Gasteiger partial charge in [0.25, 0.3) is 20.0 Å². The largest absolute Gasteiger partial charge is 0.326 e. The fourth-order valence-corrected chi connectivity index (χ4v) is 7.23. The van der Waals surface area contributed by atoms with Gasteiger partial charge in [0.2, 0.25) is 11.8 Å². The normalized spacial score (nSPS) is 11.4. The zero-order valence-corrected chi connectivity index (χ0v) is 28.1. The second-order valence-electron chi connectivity index (χ2n) is 11.0. The van der Waals surface area contributed by atoms with Crippen LogP contribution in [0.2, 0.25) is 0 Å².